The minimum Gasteiger partial charge on any atom is -0.366 e. The summed E-state index contributed by atoms with van der Waals surface area (Å²) in [5, 5.41) is 6.03. The van der Waals surface area contributed by atoms with E-state index in [1.807, 2.05) is 12.1 Å². The maximum atomic E-state index is 13.9. The SMILES string of the molecule is C#CCn1nc(-c2cc(F)ccc2C(N)=O)c2ccc(Cl)c(C3CC3)c21. The van der Waals surface area contributed by atoms with Crippen molar-refractivity contribution in [3.8, 4) is 23.6 Å². The summed E-state index contributed by atoms with van der Waals surface area (Å²) >= 11 is 6.45. The number of carbonyl (C=O) groups excluding carboxylic acids is 1. The quantitative estimate of drug-likeness (QED) is 0.705. The van der Waals surface area contributed by atoms with Crippen LogP contribution in [0.2, 0.25) is 5.02 Å². The summed E-state index contributed by atoms with van der Waals surface area (Å²) in [6.45, 7) is 0.248. The normalized spacial score (nSPS) is 13.7. The molecule has 3 aromatic rings. The number of amides is 1. The summed E-state index contributed by atoms with van der Waals surface area (Å²) in [6, 6.07) is 7.49. The van der Waals surface area contributed by atoms with E-state index in [9.17, 15) is 9.18 Å². The van der Waals surface area contributed by atoms with Crippen LogP contribution in [-0.4, -0.2) is 15.7 Å². The third-order valence-electron chi connectivity index (χ3n) is 4.63. The highest BCUT2D eigenvalue weighted by Gasteiger charge is 2.31. The fraction of sp³-hybridized carbons (Fsp3) is 0.200. The zero-order valence-corrected chi connectivity index (χ0v) is 14.6. The van der Waals surface area contributed by atoms with Gasteiger partial charge in [-0.1, -0.05) is 17.5 Å². The van der Waals surface area contributed by atoms with Gasteiger partial charge >= 0.3 is 0 Å². The minimum atomic E-state index is -0.643. The topological polar surface area (TPSA) is 60.9 Å². The number of primary amides is 1. The average Bonchev–Trinajstić information content (AvgIpc) is 3.37. The Labute approximate surface area is 154 Å². The molecule has 0 spiro atoms. The standard InChI is InChI=1S/C20H15ClFN3O/c1-2-9-25-19-14(7-8-16(21)17(19)11-3-4-11)18(24-25)15-10-12(22)5-6-13(15)20(23)26/h1,5-8,10-11H,3-4,9H2,(H2,23,26). The van der Waals surface area contributed by atoms with Crippen LogP contribution in [0.15, 0.2) is 30.3 Å². The van der Waals surface area contributed by atoms with Crippen molar-refractivity contribution in [2.45, 2.75) is 25.3 Å². The second kappa shape index (κ2) is 6.15. The fourth-order valence-electron chi connectivity index (χ4n) is 3.36. The minimum absolute atomic E-state index is 0.210. The Morgan fingerprint density at radius 3 is 2.81 bits per heavy atom. The van der Waals surface area contributed by atoms with E-state index in [2.05, 4.69) is 11.0 Å². The molecular weight excluding hydrogens is 353 g/mol. The molecule has 1 aromatic heterocycles. The number of hydrogen-bond donors (Lipinski definition) is 1. The first kappa shape index (κ1) is 16.6. The molecule has 0 unspecified atom stereocenters. The molecule has 4 nitrogen and oxygen atoms in total. The van der Waals surface area contributed by atoms with E-state index >= 15 is 0 Å². The molecule has 26 heavy (non-hydrogen) atoms. The summed E-state index contributed by atoms with van der Waals surface area (Å²) in [5.74, 6) is 1.84. The van der Waals surface area contributed by atoms with Crippen molar-refractivity contribution >= 4 is 28.4 Å². The molecule has 1 heterocycles. The molecule has 1 aliphatic carbocycles. The summed E-state index contributed by atoms with van der Waals surface area (Å²) in [5.41, 5.74) is 8.36. The summed E-state index contributed by atoms with van der Waals surface area (Å²) < 4.78 is 15.6. The largest absolute Gasteiger partial charge is 0.366 e. The van der Waals surface area contributed by atoms with E-state index in [1.54, 1.807) is 4.68 Å². The van der Waals surface area contributed by atoms with Gasteiger partial charge in [-0.05, 0) is 54.7 Å². The van der Waals surface area contributed by atoms with Crippen molar-refractivity contribution in [1.29, 1.82) is 0 Å². The third-order valence-corrected chi connectivity index (χ3v) is 4.96. The lowest BCUT2D eigenvalue weighted by Crippen LogP contribution is -2.12. The second-order valence-electron chi connectivity index (χ2n) is 6.40. The van der Waals surface area contributed by atoms with E-state index in [0.717, 1.165) is 29.3 Å². The molecule has 0 bridgehead atoms. The monoisotopic (exact) mass is 367 g/mol. The highest BCUT2D eigenvalue weighted by molar-refractivity contribution is 6.32. The Morgan fingerprint density at radius 1 is 1.38 bits per heavy atom. The van der Waals surface area contributed by atoms with Gasteiger partial charge in [-0.15, -0.1) is 6.42 Å². The number of terminal acetylenes is 1. The number of benzene rings is 2. The van der Waals surface area contributed by atoms with Crippen LogP contribution < -0.4 is 5.73 Å². The van der Waals surface area contributed by atoms with E-state index in [4.69, 9.17) is 23.8 Å². The molecule has 1 fully saturated rings. The highest BCUT2D eigenvalue weighted by Crippen LogP contribution is 2.47. The molecule has 0 radical (unpaired) electrons. The Bertz CT molecular complexity index is 1090. The Hall–Kier alpha value is -2.84. The van der Waals surface area contributed by atoms with Gasteiger partial charge in [0.15, 0.2) is 0 Å². The number of fused-ring (bicyclic) bond motifs is 1. The van der Waals surface area contributed by atoms with Gasteiger partial charge in [0.2, 0.25) is 5.91 Å². The molecule has 2 aromatic carbocycles. The third kappa shape index (κ3) is 2.63. The van der Waals surface area contributed by atoms with E-state index < -0.39 is 11.7 Å². The first-order valence-electron chi connectivity index (χ1n) is 8.23. The fourth-order valence-corrected chi connectivity index (χ4v) is 3.67. The van der Waals surface area contributed by atoms with Gasteiger partial charge < -0.3 is 5.73 Å². The molecule has 1 saturated carbocycles. The van der Waals surface area contributed by atoms with Crippen LogP contribution in [0.4, 0.5) is 4.39 Å². The Morgan fingerprint density at radius 2 is 2.15 bits per heavy atom. The number of hydrogen-bond acceptors (Lipinski definition) is 2. The first-order valence-corrected chi connectivity index (χ1v) is 8.61. The zero-order chi connectivity index (χ0) is 18.4. The molecule has 0 aliphatic heterocycles. The van der Waals surface area contributed by atoms with Crippen molar-refractivity contribution in [3.63, 3.8) is 0 Å². The van der Waals surface area contributed by atoms with Crippen LogP contribution in [0.1, 0.15) is 34.7 Å². The van der Waals surface area contributed by atoms with Gasteiger partial charge in [-0.25, -0.2) is 4.39 Å². The number of rotatable bonds is 4. The molecule has 4 rings (SSSR count). The summed E-state index contributed by atoms with van der Waals surface area (Å²) in [6.07, 6.45) is 7.62. The molecule has 1 amide bonds. The zero-order valence-electron chi connectivity index (χ0n) is 13.8. The predicted molar refractivity (Wildman–Crippen MR) is 99.5 cm³/mol. The maximum Gasteiger partial charge on any atom is 0.249 e. The van der Waals surface area contributed by atoms with Gasteiger partial charge in [0.25, 0.3) is 0 Å². The Kier molecular flexibility index (Phi) is 3.93. The highest BCUT2D eigenvalue weighted by atomic mass is 35.5. The van der Waals surface area contributed by atoms with Crippen molar-refractivity contribution < 1.29 is 9.18 Å². The number of aromatic nitrogens is 2. The van der Waals surface area contributed by atoms with Gasteiger partial charge in [-0.3, -0.25) is 9.48 Å². The van der Waals surface area contributed by atoms with E-state index in [1.165, 1.54) is 18.2 Å². The lowest BCUT2D eigenvalue weighted by atomic mass is 9.99. The number of halogens is 2. The van der Waals surface area contributed by atoms with Crippen molar-refractivity contribution in [2.24, 2.45) is 5.73 Å². The van der Waals surface area contributed by atoms with Crippen molar-refractivity contribution in [3.05, 3.63) is 52.3 Å². The summed E-state index contributed by atoms with van der Waals surface area (Å²) in [7, 11) is 0. The molecule has 2 N–H and O–H groups in total. The van der Waals surface area contributed by atoms with Crippen LogP contribution in [0.5, 0.6) is 0 Å². The van der Waals surface area contributed by atoms with Crippen molar-refractivity contribution in [2.75, 3.05) is 0 Å². The van der Waals surface area contributed by atoms with Crippen molar-refractivity contribution in [1.82, 2.24) is 9.78 Å². The Balaban J connectivity index is 2.07. The number of nitrogens with zero attached hydrogens (tertiary/aromatic N) is 2. The maximum absolute atomic E-state index is 13.9. The van der Waals surface area contributed by atoms with Gasteiger partial charge in [0.1, 0.15) is 18.1 Å². The molecule has 0 atom stereocenters. The molecule has 1 aliphatic rings. The molecule has 130 valence electrons. The van der Waals surface area contributed by atoms with E-state index in [-0.39, 0.29) is 12.1 Å². The molecular formula is C20H15ClFN3O. The lowest BCUT2D eigenvalue weighted by molar-refractivity contribution is 0.100. The molecule has 0 saturated heterocycles. The van der Waals surface area contributed by atoms with Crippen LogP contribution in [0.3, 0.4) is 0 Å². The van der Waals surface area contributed by atoms with Crippen LogP contribution in [-0.2, 0) is 6.54 Å². The predicted octanol–water partition coefficient (Wildman–Crippen LogP) is 4.11. The van der Waals surface area contributed by atoms with E-state index in [0.29, 0.717) is 22.2 Å². The number of nitrogens with two attached hydrogens (primary N) is 1. The van der Waals surface area contributed by atoms with Crippen LogP contribution >= 0.6 is 11.6 Å². The summed E-state index contributed by atoms with van der Waals surface area (Å²) in [4.78, 5) is 11.8. The van der Waals surface area contributed by atoms with Gasteiger partial charge in [0.05, 0.1) is 5.52 Å². The second-order valence-corrected chi connectivity index (χ2v) is 6.80. The number of carbonyl (C=O) groups is 1. The van der Waals surface area contributed by atoms with Gasteiger partial charge in [-0.2, -0.15) is 5.10 Å². The van der Waals surface area contributed by atoms with Gasteiger partial charge in [0, 0.05) is 21.5 Å². The lowest BCUT2D eigenvalue weighted by Gasteiger charge is -2.08. The molecule has 6 heteroatoms. The average molecular weight is 368 g/mol. The van der Waals surface area contributed by atoms with Crippen LogP contribution in [0, 0.1) is 18.2 Å². The first-order chi connectivity index (χ1) is 12.5. The smallest absolute Gasteiger partial charge is 0.249 e. The van der Waals surface area contributed by atoms with Crippen LogP contribution in [0.25, 0.3) is 22.2 Å².